The van der Waals surface area contributed by atoms with Gasteiger partial charge in [-0.2, -0.15) is 0 Å². The van der Waals surface area contributed by atoms with E-state index in [2.05, 4.69) is 53.5 Å². The van der Waals surface area contributed by atoms with Gasteiger partial charge in [0.05, 0.1) is 5.01 Å². The van der Waals surface area contributed by atoms with Crippen molar-refractivity contribution in [2.24, 2.45) is 4.99 Å². The molecule has 0 aliphatic carbocycles. The van der Waals surface area contributed by atoms with Crippen molar-refractivity contribution in [2.45, 2.75) is 39.0 Å². The normalized spacial score (nSPS) is 14.1. The number of aromatic nitrogens is 1. The lowest BCUT2D eigenvalue weighted by Gasteiger charge is -2.28. The van der Waals surface area contributed by atoms with Crippen LogP contribution in [0.15, 0.2) is 29.4 Å². The van der Waals surface area contributed by atoms with Gasteiger partial charge in [-0.05, 0) is 24.1 Å². The van der Waals surface area contributed by atoms with Crippen LogP contribution in [0.25, 0.3) is 0 Å². The van der Waals surface area contributed by atoms with Crippen LogP contribution in [0.4, 0.5) is 0 Å². The quantitative estimate of drug-likeness (QED) is 0.550. The van der Waals surface area contributed by atoms with Crippen LogP contribution in [0, 0.1) is 0 Å². The van der Waals surface area contributed by atoms with Crippen LogP contribution in [-0.4, -0.2) is 44.3 Å². The minimum absolute atomic E-state index is 0.0845. The van der Waals surface area contributed by atoms with E-state index in [1.807, 2.05) is 12.3 Å². The number of hydrogen-bond acceptors (Lipinski definition) is 5. The number of benzene rings is 1. The number of nitrogens with zero attached hydrogens (tertiary/aromatic N) is 2. The molecule has 0 amide bonds. The maximum Gasteiger partial charge on any atom is 0.191 e. The van der Waals surface area contributed by atoms with E-state index < -0.39 is 0 Å². The van der Waals surface area contributed by atoms with Crippen molar-refractivity contribution in [3.63, 3.8) is 0 Å². The molecule has 0 spiro atoms. The van der Waals surface area contributed by atoms with Gasteiger partial charge in [0, 0.05) is 43.0 Å². The third-order valence-electron chi connectivity index (χ3n) is 4.83. The molecule has 7 heteroatoms. The summed E-state index contributed by atoms with van der Waals surface area (Å²) in [5, 5.41) is 7.98. The fraction of sp³-hybridized carbons (Fsp3) is 0.524. The average molecular weight is 403 g/mol. The maximum atomic E-state index is 5.72. The molecule has 3 rings (SSSR count). The minimum atomic E-state index is -0.0845. The summed E-state index contributed by atoms with van der Waals surface area (Å²) in [6.45, 7) is 9.35. The summed E-state index contributed by atoms with van der Waals surface area (Å²) in [6, 6.07) is 6.19. The van der Waals surface area contributed by atoms with E-state index in [1.165, 1.54) is 10.4 Å². The summed E-state index contributed by atoms with van der Waals surface area (Å²) in [5.74, 6) is 2.46. The lowest BCUT2D eigenvalue weighted by Crippen LogP contribution is -2.44. The predicted molar refractivity (Wildman–Crippen MR) is 115 cm³/mol. The van der Waals surface area contributed by atoms with Crippen molar-refractivity contribution < 1.29 is 9.47 Å². The summed E-state index contributed by atoms with van der Waals surface area (Å²) in [4.78, 5) is 10.1. The predicted octanol–water partition coefficient (Wildman–Crippen LogP) is 3.16. The Morgan fingerprint density at radius 1 is 1.21 bits per heavy atom. The highest BCUT2D eigenvalue weighted by Gasteiger charge is 2.23. The Balaban J connectivity index is 1.51. The fourth-order valence-corrected chi connectivity index (χ4v) is 3.87. The van der Waals surface area contributed by atoms with E-state index in [1.54, 1.807) is 18.4 Å². The van der Waals surface area contributed by atoms with Gasteiger partial charge in [0.2, 0.25) is 0 Å². The number of fused-ring (bicyclic) bond motifs is 1. The van der Waals surface area contributed by atoms with Gasteiger partial charge >= 0.3 is 0 Å². The van der Waals surface area contributed by atoms with E-state index in [0.717, 1.165) is 48.4 Å². The molecule has 2 N–H and O–H groups in total. The molecule has 28 heavy (non-hydrogen) atoms. The fourth-order valence-electron chi connectivity index (χ4n) is 3.01. The summed E-state index contributed by atoms with van der Waals surface area (Å²) < 4.78 is 11.3. The summed E-state index contributed by atoms with van der Waals surface area (Å²) in [7, 11) is 1.80. The van der Waals surface area contributed by atoms with E-state index in [4.69, 9.17) is 9.47 Å². The van der Waals surface area contributed by atoms with Crippen LogP contribution in [-0.2, 0) is 18.3 Å². The van der Waals surface area contributed by atoms with Gasteiger partial charge in [0.25, 0.3) is 0 Å². The third kappa shape index (κ3) is 5.16. The second-order valence-corrected chi connectivity index (χ2v) is 8.62. The molecule has 1 aliphatic heterocycles. The highest BCUT2D eigenvalue weighted by molar-refractivity contribution is 7.11. The Labute approximate surface area is 171 Å². The van der Waals surface area contributed by atoms with E-state index >= 15 is 0 Å². The van der Waals surface area contributed by atoms with Crippen LogP contribution in [0.2, 0.25) is 0 Å². The number of hydrogen-bond donors (Lipinski definition) is 2. The average Bonchev–Trinajstić information content (AvgIpc) is 3.18. The Kier molecular flexibility index (Phi) is 6.78. The molecule has 2 heterocycles. The molecule has 6 nitrogen and oxygen atoms in total. The molecule has 1 aliphatic rings. The number of rotatable bonds is 7. The minimum Gasteiger partial charge on any atom is -0.486 e. The van der Waals surface area contributed by atoms with Gasteiger partial charge in [-0.25, -0.2) is 4.98 Å². The lowest BCUT2D eigenvalue weighted by molar-refractivity contribution is 0.171. The summed E-state index contributed by atoms with van der Waals surface area (Å²) in [5.41, 5.74) is 1.12. The first-order chi connectivity index (χ1) is 13.5. The van der Waals surface area contributed by atoms with E-state index in [9.17, 15) is 0 Å². The van der Waals surface area contributed by atoms with Crippen molar-refractivity contribution in [1.29, 1.82) is 0 Å². The van der Waals surface area contributed by atoms with Crippen LogP contribution >= 0.6 is 11.3 Å². The number of aryl methyl sites for hydroxylation is 1. The van der Waals surface area contributed by atoms with Crippen LogP contribution in [0.1, 0.15) is 36.2 Å². The van der Waals surface area contributed by atoms with Gasteiger partial charge in [-0.1, -0.05) is 26.8 Å². The van der Waals surface area contributed by atoms with Crippen molar-refractivity contribution in [2.75, 3.05) is 33.4 Å². The first-order valence-corrected chi connectivity index (χ1v) is 10.6. The van der Waals surface area contributed by atoms with Crippen LogP contribution in [0.5, 0.6) is 11.5 Å². The molecule has 0 saturated carbocycles. The molecule has 152 valence electrons. The zero-order chi connectivity index (χ0) is 20.0. The van der Waals surface area contributed by atoms with E-state index in [0.29, 0.717) is 13.2 Å². The van der Waals surface area contributed by atoms with Crippen molar-refractivity contribution >= 4 is 17.3 Å². The number of nitrogens with one attached hydrogen (secondary N) is 2. The smallest absolute Gasteiger partial charge is 0.191 e. The zero-order valence-electron chi connectivity index (χ0n) is 17.2. The molecule has 1 aromatic heterocycles. The monoisotopic (exact) mass is 402 g/mol. The first-order valence-electron chi connectivity index (χ1n) is 9.80. The molecular weight excluding hydrogens is 372 g/mol. The molecule has 1 aromatic carbocycles. The summed E-state index contributed by atoms with van der Waals surface area (Å²) in [6.07, 6.45) is 3.92. The molecule has 0 unspecified atom stereocenters. The third-order valence-corrected chi connectivity index (χ3v) is 6.03. The Hall–Kier alpha value is -2.28. The Morgan fingerprint density at radius 2 is 2.00 bits per heavy atom. The first kappa shape index (κ1) is 20.5. The molecule has 0 fully saturated rings. The van der Waals surface area contributed by atoms with Crippen molar-refractivity contribution in [1.82, 2.24) is 15.6 Å². The summed E-state index contributed by atoms with van der Waals surface area (Å²) >= 11 is 1.78. The molecule has 0 bridgehead atoms. The number of aliphatic imine (C=N–C) groups is 1. The molecule has 2 aromatic rings. The highest BCUT2D eigenvalue weighted by atomic mass is 32.1. The standard InChI is InChI=1S/C21H30N4O2S/c1-5-16-13-24-19(28-16)8-9-23-20(22-4)25-14-21(2,3)15-6-7-17-18(12-15)27-11-10-26-17/h6-7,12-13H,5,8-11,14H2,1-4H3,(H2,22,23,25). The van der Waals surface area contributed by atoms with Crippen molar-refractivity contribution in [3.05, 3.63) is 39.8 Å². The van der Waals surface area contributed by atoms with Crippen LogP contribution in [0.3, 0.4) is 0 Å². The second-order valence-electron chi connectivity index (χ2n) is 7.42. The van der Waals surface area contributed by atoms with Gasteiger partial charge in [-0.15, -0.1) is 11.3 Å². The molecular formula is C21H30N4O2S. The van der Waals surface area contributed by atoms with Gasteiger partial charge in [0.15, 0.2) is 17.5 Å². The van der Waals surface area contributed by atoms with Crippen molar-refractivity contribution in [3.8, 4) is 11.5 Å². The highest BCUT2D eigenvalue weighted by Crippen LogP contribution is 2.34. The van der Waals surface area contributed by atoms with Gasteiger partial charge < -0.3 is 20.1 Å². The zero-order valence-corrected chi connectivity index (χ0v) is 18.0. The van der Waals surface area contributed by atoms with Gasteiger partial charge in [0.1, 0.15) is 13.2 Å². The number of thiazole rings is 1. The Morgan fingerprint density at radius 3 is 2.71 bits per heavy atom. The molecule has 0 radical (unpaired) electrons. The van der Waals surface area contributed by atoms with E-state index in [-0.39, 0.29) is 5.41 Å². The molecule has 0 atom stereocenters. The topological polar surface area (TPSA) is 67.8 Å². The lowest BCUT2D eigenvalue weighted by atomic mass is 9.84. The second kappa shape index (κ2) is 9.28. The Bertz CT molecular complexity index is 816. The largest absolute Gasteiger partial charge is 0.486 e. The number of guanidine groups is 1. The van der Waals surface area contributed by atoms with Crippen LogP contribution < -0.4 is 20.1 Å². The number of ether oxygens (including phenoxy) is 2. The van der Waals surface area contributed by atoms with Gasteiger partial charge in [-0.3, -0.25) is 4.99 Å². The maximum absolute atomic E-state index is 5.72. The molecule has 0 saturated heterocycles. The SMILES string of the molecule is CCc1cnc(CCNC(=NC)NCC(C)(C)c2ccc3c(c2)OCCO3)s1.